The summed E-state index contributed by atoms with van der Waals surface area (Å²) in [6.45, 7) is 0.519. The molecule has 4 rings (SSSR count). The van der Waals surface area contributed by atoms with Crippen LogP contribution in [0.1, 0.15) is 18.2 Å². The minimum Gasteiger partial charge on any atom is -0.493 e. The lowest BCUT2D eigenvalue weighted by atomic mass is 10.1. The summed E-state index contributed by atoms with van der Waals surface area (Å²) >= 11 is 1.67. The number of hydrogen-bond acceptors (Lipinski definition) is 7. The molecule has 0 bridgehead atoms. The Kier molecular flexibility index (Phi) is 5.44. The van der Waals surface area contributed by atoms with Crippen LogP contribution >= 0.6 is 11.8 Å². The van der Waals surface area contributed by atoms with Crippen molar-refractivity contribution in [2.24, 2.45) is 0 Å². The largest absolute Gasteiger partial charge is 0.493 e. The van der Waals surface area contributed by atoms with Crippen molar-refractivity contribution in [3.8, 4) is 22.9 Å². The van der Waals surface area contributed by atoms with Gasteiger partial charge in [-0.15, -0.1) is 11.8 Å². The van der Waals surface area contributed by atoms with Crippen molar-refractivity contribution >= 4 is 23.4 Å². The predicted molar refractivity (Wildman–Crippen MR) is 111 cm³/mol. The average Bonchev–Trinajstić information content (AvgIpc) is 3.40. The summed E-state index contributed by atoms with van der Waals surface area (Å²) in [5.74, 6) is 2.06. The fourth-order valence-electron chi connectivity index (χ4n) is 3.38. The maximum Gasteiger partial charge on any atom is 0.232 e. The van der Waals surface area contributed by atoms with Crippen LogP contribution in [-0.4, -0.2) is 43.1 Å². The summed E-state index contributed by atoms with van der Waals surface area (Å²) in [6, 6.07) is 13.4. The Balaban J connectivity index is 1.53. The summed E-state index contributed by atoms with van der Waals surface area (Å²) in [6.07, 6.45) is 2.37. The highest BCUT2D eigenvalue weighted by molar-refractivity contribution is 7.98. The molecule has 29 heavy (non-hydrogen) atoms. The lowest BCUT2D eigenvalue weighted by molar-refractivity contribution is -0.117. The van der Waals surface area contributed by atoms with E-state index >= 15 is 0 Å². The van der Waals surface area contributed by atoms with Gasteiger partial charge in [0.15, 0.2) is 11.5 Å². The monoisotopic (exact) mass is 411 g/mol. The van der Waals surface area contributed by atoms with Crippen molar-refractivity contribution in [2.45, 2.75) is 17.2 Å². The highest BCUT2D eigenvalue weighted by Gasteiger charge is 2.35. The molecule has 1 unspecified atom stereocenters. The van der Waals surface area contributed by atoms with Crippen molar-refractivity contribution < 1.29 is 18.8 Å². The first-order chi connectivity index (χ1) is 14.1. The number of thioether (sulfide) groups is 1. The molecule has 2 aromatic carbocycles. The first-order valence-corrected chi connectivity index (χ1v) is 10.4. The van der Waals surface area contributed by atoms with Crippen LogP contribution in [0, 0.1) is 0 Å². The summed E-state index contributed by atoms with van der Waals surface area (Å²) < 4.78 is 16.1. The van der Waals surface area contributed by atoms with Crippen LogP contribution in [0.2, 0.25) is 0 Å². The molecular weight excluding hydrogens is 390 g/mol. The van der Waals surface area contributed by atoms with Crippen molar-refractivity contribution in [2.75, 3.05) is 31.9 Å². The first kappa shape index (κ1) is 19.3. The topological polar surface area (TPSA) is 77.7 Å². The molecular formula is C21H21N3O4S. The zero-order valence-corrected chi connectivity index (χ0v) is 17.2. The lowest BCUT2D eigenvalue weighted by Crippen LogP contribution is -2.24. The molecule has 2 heterocycles. The highest BCUT2D eigenvalue weighted by Crippen LogP contribution is 2.34. The van der Waals surface area contributed by atoms with E-state index in [1.807, 2.05) is 36.6 Å². The molecule has 0 radical (unpaired) electrons. The Morgan fingerprint density at radius 1 is 1.10 bits per heavy atom. The van der Waals surface area contributed by atoms with Gasteiger partial charge < -0.3 is 18.9 Å². The summed E-state index contributed by atoms with van der Waals surface area (Å²) in [5.41, 5.74) is 1.64. The number of anilines is 1. The minimum absolute atomic E-state index is 0.0535. The van der Waals surface area contributed by atoms with Crippen LogP contribution in [0.5, 0.6) is 11.5 Å². The molecule has 1 aromatic heterocycles. The first-order valence-electron chi connectivity index (χ1n) is 9.13. The van der Waals surface area contributed by atoms with E-state index in [0.29, 0.717) is 36.2 Å². The smallest absolute Gasteiger partial charge is 0.232 e. The quantitative estimate of drug-likeness (QED) is 0.568. The fourth-order valence-corrected chi connectivity index (χ4v) is 3.79. The molecule has 0 aliphatic carbocycles. The maximum atomic E-state index is 12.5. The number of rotatable bonds is 6. The average molecular weight is 411 g/mol. The van der Waals surface area contributed by atoms with Crippen molar-refractivity contribution in [3.63, 3.8) is 0 Å². The van der Waals surface area contributed by atoms with Gasteiger partial charge in [0.25, 0.3) is 0 Å². The van der Waals surface area contributed by atoms with Gasteiger partial charge in [-0.05, 0) is 48.7 Å². The Labute approximate surface area is 173 Å². The van der Waals surface area contributed by atoms with Crippen molar-refractivity contribution in [1.82, 2.24) is 10.1 Å². The van der Waals surface area contributed by atoms with Gasteiger partial charge in [-0.2, -0.15) is 4.98 Å². The molecule has 1 aliphatic heterocycles. The highest BCUT2D eigenvalue weighted by atomic mass is 32.2. The van der Waals surface area contributed by atoms with Crippen LogP contribution in [-0.2, 0) is 4.79 Å². The van der Waals surface area contributed by atoms with Crippen LogP contribution in [0.4, 0.5) is 5.69 Å². The zero-order valence-electron chi connectivity index (χ0n) is 16.4. The molecule has 1 fully saturated rings. The van der Waals surface area contributed by atoms with Gasteiger partial charge in [0, 0.05) is 29.1 Å². The maximum absolute atomic E-state index is 12.5. The Hall–Kier alpha value is -3.00. The number of ether oxygens (including phenoxy) is 2. The third-order valence-corrected chi connectivity index (χ3v) is 5.69. The number of nitrogens with zero attached hydrogens (tertiary/aromatic N) is 3. The number of carbonyl (C=O) groups excluding carboxylic acids is 1. The van der Waals surface area contributed by atoms with Gasteiger partial charge in [0.05, 0.1) is 20.1 Å². The van der Waals surface area contributed by atoms with E-state index in [1.54, 1.807) is 43.0 Å². The van der Waals surface area contributed by atoms with E-state index in [-0.39, 0.29) is 11.8 Å². The van der Waals surface area contributed by atoms with Crippen LogP contribution in [0.15, 0.2) is 51.9 Å². The van der Waals surface area contributed by atoms with Crippen LogP contribution < -0.4 is 14.4 Å². The normalized spacial score (nSPS) is 16.3. The number of methoxy groups -OCH3 is 2. The molecule has 0 spiro atoms. The van der Waals surface area contributed by atoms with E-state index in [1.165, 1.54) is 0 Å². The van der Waals surface area contributed by atoms with Gasteiger partial charge in [0.2, 0.25) is 17.6 Å². The number of carbonyl (C=O) groups is 1. The van der Waals surface area contributed by atoms with Crippen LogP contribution in [0.25, 0.3) is 11.4 Å². The molecule has 1 aliphatic rings. The Bertz CT molecular complexity index is 1020. The summed E-state index contributed by atoms with van der Waals surface area (Å²) in [4.78, 5) is 20.0. The third kappa shape index (κ3) is 3.80. The second kappa shape index (κ2) is 8.16. The zero-order chi connectivity index (χ0) is 20.4. The summed E-state index contributed by atoms with van der Waals surface area (Å²) in [7, 11) is 3.16. The molecule has 1 saturated heterocycles. The molecule has 150 valence electrons. The standard InChI is InChI=1S/C21H21N3O4S/c1-26-17-9-4-13(10-18(17)27-2)20-22-21(28-23-20)14-11-19(25)24(12-14)15-5-7-16(29-3)8-6-15/h4-10,14H,11-12H2,1-3H3. The molecule has 8 heteroatoms. The van der Waals surface area contributed by atoms with Gasteiger partial charge in [-0.3, -0.25) is 4.79 Å². The SMILES string of the molecule is COc1ccc(-c2noc(C3CC(=O)N(c4ccc(SC)cc4)C3)n2)cc1OC. The fraction of sp³-hybridized carbons (Fsp3) is 0.286. The van der Waals surface area contributed by atoms with Gasteiger partial charge >= 0.3 is 0 Å². The third-order valence-electron chi connectivity index (χ3n) is 4.94. The van der Waals surface area contributed by atoms with Gasteiger partial charge in [-0.1, -0.05) is 5.16 Å². The molecule has 0 N–H and O–H groups in total. The van der Waals surface area contributed by atoms with E-state index in [9.17, 15) is 4.79 Å². The van der Waals surface area contributed by atoms with Crippen molar-refractivity contribution in [1.29, 1.82) is 0 Å². The molecule has 1 amide bonds. The lowest BCUT2D eigenvalue weighted by Gasteiger charge is -2.16. The number of hydrogen-bond donors (Lipinski definition) is 0. The Morgan fingerprint density at radius 2 is 1.86 bits per heavy atom. The summed E-state index contributed by atoms with van der Waals surface area (Å²) in [5, 5.41) is 4.09. The van der Waals surface area contributed by atoms with E-state index in [0.717, 1.165) is 16.1 Å². The molecule has 7 nitrogen and oxygen atoms in total. The minimum atomic E-state index is -0.135. The van der Waals surface area contributed by atoms with Gasteiger partial charge in [-0.25, -0.2) is 0 Å². The van der Waals surface area contributed by atoms with E-state index in [4.69, 9.17) is 14.0 Å². The Morgan fingerprint density at radius 3 is 2.55 bits per heavy atom. The number of aromatic nitrogens is 2. The van der Waals surface area contributed by atoms with Gasteiger partial charge in [0.1, 0.15) is 0 Å². The molecule has 0 saturated carbocycles. The molecule has 1 atom stereocenters. The molecule has 3 aromatic rings. The number of amides is 1. The van der Waals surface area contributed by atoms with Crippen LogP contribution in [0.3, 0.4) is 0 Å². The predicted octanol–water partition coefficient (Wildman–Crippen LogP) is 4.00. The van der Waals surface area contributed by atoms with E-state index in [2.05, 4.69) is 10.1 Å². The van der Waals surface area contributed by atoms with E-state index < -0.39 is 0 Å². The van der Waals surface area contributed by atoms with Crippen molar-refractivity contribution in [3.05, 3.63) is 48.4 Å². The second-order valence-corrected chi connectivity index (χ2v) is 7.51. The number of benzene rings is 2. The second-order valence-electron chi connectivity index (χ2n) is 6.63.